The van der Waals surface area contributed by atoms with Gasteiger partial charge in [0, 0.05) is 34.8 Å². The highest BCUT2D eigenvalue weighted by Gasteiger charge is 2.27. The van der Waals surface area contributed by atoms with Gasteiger partial charge in [-0.1, -0.05) is 18.2 Å². The van der Waals surface area contributed by atoms with E-state index in [1.165, 1.54) is 10.3 Å². The molecule has 0 unspecified atom stereocenters. The number of hydrogen-bond donors (Lipinski definition) is 0. The minimum atomic E-state index is -0.432. The van der Waals surface area contributed by atoms with Crippen molar-refractivity contribution in [3.8, 4) is 0 Å². The lowest BCUT2D eigenvalue weighted by Crippen LogP contribution is -2.42. The molecule has 128 valence electrons. The molecule has 1 fully saturated rings. The van der Waals surface area contributed by atoms with E-state index in [0.29, 0.717) is 5.25 Å². The highest BCUT2D eigenvalue weighted by molar-refractivity contribution is 8.00. The largest absolute Gasteiger partial charge is 0.444 e. The maximum atomic E-state index is 12.1. The number of thioether (sulfide) groups is 1. The molecule has 24 heavy (non-hydrogen) atoms. The van der Waals surface area contributed by atoms with Gasteiger partial charge in [-0.05, 0) is 45.7 Å². The van der Waals surface area contributed by atoms with Gasteiger partial charge in [0.2, 0.25) is 0 Å². The molecule has 1 aliphatic heterocycles. The Kier molecular flexibility index (Phi) is 4.99. The van der Waals surface area contributed by atoms with E-state index in [-0.39, 0.29) is 6.09 Å². The Hall–Kier alpha value is -1.75. The molecule has 1 aromatic heterocycles. The Morgan fingerprint density at radius 2 is 1.92 bits per heavy atom. The zero-order chi connectivity index (χ0) is 17.2. The normalized spacial score (nSPS) is 16.4. The van der Waals surface area contributed by atoms with E-state index in [9.17, 15) is 4.79 Å². The monoisotopic (exact) mass is 344 g/mol. The van der Waals surface area contributed by atoms with E-state index in [0.717, 1.165) is 31.4 Å². The summed E-state index contributed by atoms with van der Waals surface area (Å²) in [6, 6.07) is 10.3. The molecular formula is C19H24N2O2S. The lowest BCUT2D eigenvalue weighted by atomic mass is 10.1. The third-order valence-corrected chi connectivity index (χ3v) is 5.41. The summed E-state index contributed by atoms with van der Waals surface area (Å²) in [6.07, 6.45) is 3.65. The van der Waals surface area contributed by atoms with Crippen molar-refractivity contribution in [2.75, 3.05) is 13.1 Å². The first kappa shape index (κ1) is 17.1. The third-order valence-electron chi connectivity index (χ3n) is 4.00. The van der Waals surface area contributed by atoms with Crippen LogP contribution in [0.2, 0.25) is 0 Å². The van der Waals surface area contributed by atoms with Gasteiger partial charge in [0.05, 0.1) is 5.52 Å². The molecule has 1 saturated heterocycles. The van der Waals surface area contributed by atoms with Crippen LogP contribution in [-0.4, -0.2) is 39.9 Å². The fourth-order valence-corrected chi connectivity index (χ4v) is 4.08. The molecule has 0 saturated carbocycles. The van der Waals surface area contributed by atoms with Gasteiger partial charge < -0.3 is 9.64 Å². The molecule has 3 rings (SSSR count). The smallest absolute Gasteiger partial charge is 0.410 e. The fraction of sp³-hybridized carbons (Fsp3) is 0.474. The summed E-state index contributed by atoms with van der Waals surface area (Å²) >= 11 is 1.90. The van der Waals surface area contributed by atoms with Crippen molar-refractivity contribution < 1.29 is 9.53 Å². The summed E-state index contributed by atoms with van der Waals surface area (Å²) < 4.78 is 5.46. The maximum Gasteiger partial charge on any atom is 0.410 e. The number of likely N-dealkylation sites (tertiary alicyclic amines) is 1. The van der Waals surface area contributed by atoms with Crippen LogP contribution in [0.3, 0.4) is 0 Å². The number of fused-ring (bicyclic) bond motifs is 1. The number of aromatic nitrogens is 1. The van der Waals surface area contributed by atoms with Gasteiger partial charge in [0.25, 0.3) is 0 Å². The lowest BCUT2D eigenvalue weighted by molar-refractivity contribution is 0.0219. The number of pyridine rings is 1. The number of carbonyl (C=O) groups excluding carboxylic acids is 1. The molecule has 2 aromatic rings. The topological polar surface area (TPSA) is 42.4 Å². The van der Waals surface area contributed by atoms with Gasteiger partial charge in [-0.3, -0.25) is 4.98 Å². The van der Waals surface area contributed by atoms with Crippen LogP contribution in [0.1, 0.15) is 33.6 Å². The van der Waals surface area contributed by atoms with Gasteiger partial charge in [0.1, 0.15) is 5.60 Å². The van der Waals surface area contributed by atoms with Crippen molar-refractivity contribution in [2.45, 2.75) is 49.4 Å². The van der Waals surface area contributed by atoms with Gasteiger partial charge in [0.15, 0.2) is 0 Å². The minimum absolute atomic E-state index is 0.194. The number of ether oxygens (including phenoxy) is 1. The van der Waals surface area contributed by atoms with Crippen LogP contribution < -0.4 is 0 Å². The molecule has 0 spiro atoms. The summed E-state index contributed by atoms with van der Waals surface area (Å²) in [5, 5.41) is 1.73. The first-order valence-electron chi connectivity index (χ1n) is 8.41. The quantitative estimate of drug-likeness (QED) is 0.790. The van der Waals surface area contributed by atoms with E-state index < -0.39 is 5.60 Å². The molecule has 2 heterocycles. The molecule has 4 nitrogen and oxygen atoms in total. The van der Waals surface area contributed by atoms with Crippen molar-refractivity contribution in [1.82, 2.24) is 9.88 Å². The summed E-state index contributed by atoms with van der Waals surface area (Å²) in [4.78, 5) is 19.7. The van der Waals surface area contributed by atoms with E-state index in [1.807, 2.05) is 55.8 Å². The van der Waals surface area contributed by atoms with E-state index in [4.69, 9.17) is 4.74 Å². The number of para-hydroxylation sites is 1. The molecule has 0 N–H and O–H groups in total. The van der Waals surface area contributed by atoms with Crippen LogP contribution in [-0.2, 0) is 4.74 Å². The summed E-state index contributed by atoms with van der Waals surface area (Å²) in [5.41, 5.74) is 0.604. The Balaban J connectivity index is 1.60. The Bertz CT molecular complexity index is 713. The molecule has 0 bridgehead atoms. The summed E-state index contributed by atoms with van der Waals surface area (Å²) in [7, 11) is 0. The number of carbonyl (C=O) groups is 1. The van der Waals surface area contributed by atoms with Crippen LogP contribution in [0.15, 0.2) is 41.4 Å². The molecule has 1 aromatic carbocycles. The molecule has 1 aliphatic rings. The van der Waals surface area contributed by atoms with Gasteiger partial charge >= 0.3 is 6.09 Å². The fourth-order valence-electron chi connectivity index (χ4n) is 2.83. The second-order valence-corrected chi connectivity index (χ2v) is 8.45. The van der Waals surface area contributed by atoms with Gasteiger partial charge in [-0.25, -0.2) is 4.79 Å². The lowest BCUT2D eigenvalue weighted by Gasteiger charge is -2.33. The zero-order valence-corrected chi connectivity index (χ0v) is 15.3. The molecular weight excluding hydrogens is 320 g/mol. The standard InChI is InChI=1S/C19H24N2O2S/c1-19(2,3)23-18(22)21-12-9-14(10-13-21)24-17-8-11-20-16-7-5-4-6-15(16)17/h4-8,11,14H,9-10,12-13H2,1-3H3. The Morgan fingerprint density at radius 3 is 2.62 bits per heavy atom. The number of hydrogen-bond acceptors (Lipinski definition) is 4. The van der Waals surface area contributed by atoms with Crippen molar-refractivity contribution >= 4 is 28.8 Å². The van der Waals surface area contributed by atoms with Gasteiger partial charge in [-0.15, -0.1) is 11.8 Å². The van der Waals surface area contributed by atoms with Crippen LogP contribution in [0, 0.1) is 0 Å². The minimum Gasteiger partial charge on any atom is -0.444 e. The molecule has 0 radical (unpaired) electrons. The Morgan fingerprint density at radius 1 is 1.21 bits per heavy atom. The summed E-state index contributed by atoms with van der Waals surface area (Å²) in [6.45, 7) is 7.23. The summed E-state index contributed by atoms with van der Waals surface area (Å²) in [5.74, 6) is 0. The van der Waals surface area contributed by atoms with E-state index in [2.05, 4.69) is 23.2 Å². The van der Waals surface area contributed by atoms with Crippen LogP contribution in [0.5, 0.6) is 0 Å². The number of benzene rings is 1. The highest BCUT2D eigenvalue weighted by atomic mass is 32.2. The van der Waals surface area contributed by atoms with Crippen LogP contribution >= 0.6 is 11.8 Å². The van der Waals surface area contributed by atoms with E-state index in [1.54, 1.807) is 0 Å². The maximum absolute atomic E-state index is 12.1. The van der Waals surface area contributed by atoms with E-state index >= 15 is 0 Å². The predicted molar refractivity (Wildman–Crippen MR) is 98.4 cm³/mol. The second kappa shape index (κ2) is 7.01. The van der Waals surface area contributed by atoms with Gasteiger partial charge in [-0.2, -0.15) is 0 Å². The first-order valence-corrected chi connectivity index (χ1v) is 9.29. The first-order chi connectivity index (χ1) is 11.4. The number of nitrogens with zero attached hydrogens (tertiary/aromatic N) is 2. The predicted octanol–water partition coefficient (Wildman–Crippen LogP) is 4.73. The zero-order valence-electron chi connectivity index (χ0n) is 14.5. The Labute approximate surface area is 147 Å². The number of piperidine rings is 1. The van der Waals surface area contributed by atoms with Crippen LogP contribution in [0.25, 0.3) is 10.9 Å². The van der Waals surface area contributed by atoms with Crippen molar-refractivity contribution in [2.24, 2.45) is 0 Å². The second-order valence-electron chi connectivity index (χ2n) is 7.11. The molecule has 5 heteroatoms. The van der Waals surface area contributed by atoms with Crippen molar-refractivity contribution in [1.29, 1.82) is 0 Å². The van der Waals surface area contributed by atoms with Crippen molar-refractivity contribution in [3.63, 3.8) is 0 Å². The average Bonchev–Trinajstić information content (AvgIpc) is 2.54. The number of amides is 1. The molecule has 0 aliphatic carbocycles. The third kappa shape index (κ3) is 4.20. The molecule has 1 amide bonds. The SMILES string of the molecule is CC(C)(C)OC(=O)N1CCC(Sc2ccnc3ccccc23)CC1. The number of rotatable bonds is 2. The molecule has 0 atom stereocenters. The van der Waals surface area contributed by atoms with Crippen molar-refractivity contribution in [3.05, 3.63) is 36.5 Å². The highest BCUT2D eigenvalue weighted by Crippen LogP contribution is 2.34. The average molecular weight is 344 g/mol. The van der Waals surface area contributed by atoms with Crippen LogP contribution in [0.4, 0.5) is 4.79 Å².